The second-order valence-electron chi connectivity index (χ2n) is 5.53. The van der Waals surface area contributed by atoms with Crippen LogP contribution in [0.4, 0.5) is 4.39 Å². The molecular formula is C15H16ClFN4O2. The van der Waals surface area contributed by atoms with Crippen LogP contribution in [-0.2, 0) is 0 Å². The van der Waals surface area contributed by atoms with Gasteiger partial charge in [0.25, 0.3) is 5.91 Å². The van der Waals surface area contributed by atoms with Crippen LogP contribution >= 0.6 is 11.6 Å². The maximum atomic E-state index is 14.1. The molecule has 1 aromatic heterocycles. The first kappa shape index (κ1) is 15.9. The Labute approximate surface area is 137 Å². The topological polar surface area (TPSA) is 62.5 Å². The molecule has 0 aliphatic carbocycles. The largest absolute Gasteiger partial charge is 0.338 e. The lowest BCUT2D eigenvalue weighted by molar-refractivity contribution is 0.0485. The smallest absolute Gasteiger partial charge is 0.256 e. The Bertz CT molecular complexity index is 736. The predicted molar refractivity (Wildman–Crippen MR) is 81.7 cm³/mol. The van der Waals surface area contributed by atoms with E-state index in [1.54, 1.807) is 17.9 Å². The molecule has 23 heavy (non-hydrogen) atoms. The number of halogens is 2. The second kappa shape index (κ2) is 6.25. The standard InChI is InChI=1S/C15H16ClFN4O2/c1-9-18-14(23-19-9)12-8-21(7-6-20(12)2)15(22)10-4-3-5-11(16)13(10)17/h3-5,12H,6-8H2,1-2H3/t12-/m1/s1. The minimum Gasteiger partial charge on any atom is -0.338 e. The first-order chi connectivity index (χ1) is 11.0. The minimum absolute atomic E-state index is 0.0255. The molecule has 1 aliphatic rings. The molecule has 0 bridgehead atoms. The van der Waals surface area contributed by atoms with E-state index in [0.717, 1.165) is 0 Å². The van der Waals surface area contributed by atoms with Gasteiger partial charge in [0, 0.05) is 19.6 Å². The molecule has 0 saturated carbocycles. The summed E-state index contributed by atoms with van der Waals surface area (Å²) in [5.74, 6) is -0.0885. The van der Waals surface area contributed by atoms with Crippen molar-refractivity contribution in [3.63, 3.8) is 0 Å². The quantitative estimate of drug-likeness (QED) is 0.840. The van der Waals surface area contributed by atoms with Gasteiger partial charge in [-0.05, 0) is 26.1 Å². The number of carbonyl (C=O) groups excluding carboxylic acids is 1. The molecule has 8 heteroatoms. The van der Waals surface area contributed by atoms with Gasteiger partial charge in [-0.1, -0.05) is 22.8 Å². The first-order valence-corrected chi connectivity index (χ1v) is 7.59. The highest BCUT2D eigenvalue weighted by atomic mass is 35.5. The molecule has 3 rings (SSSR count). The number of hydrogen-bond donors (Lipinski definition) is 0. The highest BCUT2D eigenvalue weighted by molar-refractivity contribution is 6.31. The molecular weight excluding hydrogens is 323 g/mol. The van der Waals surface area contributed by atoms with Crippen LogP contribution < -0.4 is 0 Å². The summed E-state index contributed by atoms with van der Waals surface area (Å²) in [7, 11) is 1.92. The Morgan fingerprint density at radius 2 is 2.22 bits per heavy atom. The number of aromatic nitrogens is 2. The molecule has 122 valence electrons. The molecule has 6 nitrogen and oxygen atoms in total. The molecule has 1 fully saturated rings. The van der Waals surface area contributed by atoms with E-state index in [4.69, 9.17) is 16.1 Å². The Balaban J connectivity index is 1.83. The molecule has 1 amide bonds. The van der Waals surface area contributed by atoms with Crippen LogP contribution in [0.2, 0.25) is 5.02 Å². The van der Waals surface area contributed by atoms with Gasteiger partial charge in [-0.2, -0.15) is 4.98 Å². The van der Waals surface area contributed by atoms with Crippen molar-refractivity contribution in [2.75, 3.05) is 26.7 Å². The number of carbonyl (C=O) groups is 1. The van der Waals surface area contributed by atoms with E-state index >= 15 is 0 Å². The van der Waals surface area contributed by atoms with Crippen LogP contribution in [-0.4, -0.2) is 52.5 Å². The van der Waals surface area contributed by atoms with Crippen LogP contribution in [0.3, 0.4) is 0 Å². The van der Waals surface area contributed by atoms with E-state index in [-0.39, 0.29) is 22.5 Å². The van der Waals surface area contributed by atoms with E-state index in [1.807, 2.05) is 11.9 Å². The molecule has 2 heterocycles. The number of benzene rings is 1. The van der Waals surface area contributed by atoms with Crippen molar-refractivity contribution in [1.82, 2.24) is 19.9 Å². The van der Waals surface area contributed by atoms with Crippen molar-refractivity contribution >= 4 is 17.5 Å². The van der Waals surface area contributed by atoms with Gasteiger partial charge in [0.05, 0.1) is 10.6 Å². The molecule has 1 aliphatic heterocycles. The van der Waals surface area contributed by atoms with Crippen molar-refractivity contribution in [2.45, 2.75) is 13.0 Å². The van der Waals surface area contributed by atoms with E-state index in [2.05, 4.69) is 10.1 Å². The van der Waals surface area contributed by atoms with Crippen LogP contribution in [0.1, 0.15) is 28.1 Å². The molecule has 0 N–H and O–H groups in total. The molecule has 0 radical (unpaired) electrons. The third-order valence-corrected chi connectivity index (χ3v) is 4.24. The fourth-order valence-corrected chi connectivity index (χ4v) is 2.79. The summed E-state index contributed by atoms with van der Waals surface area (Å²) in [6, 6.07) is 4.21. The average Bonchev–Trinajstić information content (AvgIpc) is 2.96. The van der Waals surface area contributed by atoms with Gasteiger partial charge in [0.15, 0.2) is 11.6 Å². The Hall–Kier alpha value is -1.99. The number of aryl methyl sites for hydroxylation is 1. The summed E-state index contributed by atoms with van der Waals surface area (Å²) in [6.45, 7) is 3.20. The van der Waals surface area contributed by atoms with E-state index in [0.29, 0.717) is 31.3 Å². The Morgan fingerprint density at radius 3 is 2.91 bits per heavy atom. The van der Waals surface area contributed by atoms with Crippen molar-refractivity contribution in [2.24, 2.45) is 0 Å². The normalized spacial score (nSPS) is 19.1. The van der Waals surface area contributed by atoms with Gasteiger partial charge in [0.2, 0.25) is 5.89 Å². The van der Waals surface area contributed by atoms with Gasteiger partial charge < -0.3 is 9.42 Å². The molecule has 0 unspecified atom stereocenters. The van der Waals surface area contributed by atoms with Crippen molar-refractivity contribution < 1.29 is 13.7 Å². The molecule has 1 atom stereocenters. The zero-order valence-corrected chi connectivity index (χ0v) is 13.5. The third kappa shape index (κ3) is 3.07. The summed E-state index contributed by atoms with van der Waals surface area (Å²) in [4.78, 5) is 20.4. The number of amides is 1. The van der Waals surface area contributed by atoms with E-state index in [9.17, 15) is 9.18 Å². The Kier molecular flexibility index (Phi) is 4.32. The summed E-state index contributed by atoms with van der Waals surface area (Å²) in [6.07, 6.45) is 0. The number of piperazine rings is 1. The number of hydrogen-bond acceptors (Lipinski definition) is 5. The monoisotopic (exact) mass is 338 g/mol. The summed E-state index contributed by atoms with van der Waals surface area (Å²) < 4.78 is 19.3. The number of rotatable bonds is 2. The lowest BCUT2D eigenvalue weighted by Crippen LogP contribution is -2.49. The predicted octanol–water partition coefficient (Wildman–Crippen LogP) is 2.30. The maximum absolute atomic E-state index is 14.1. The summed E-state index contributed by atoms with van der Waals surface area (Å²) in [5.41, 5.74) is -0.0255. The fraction of sp³-hybridized carbons (Fsp3) is 0.400. The number of nitrogens with zero attached hydrogens (tertiary/aromatic N) is 4. The van der Waals surface area contributed by atoms with E-state index in [1.165, 1.54) is 12.1 Å². The van der Waals surface area contributed by atoms with Gasteiger partial charge in [-0.25, -0.2) is 4.39 Å². The Morgan fingerprint density at radius 1 is 1.43 bits per heavy atom. The summed E-state index contributed by atoms with van der Waals surface area (Å²) in [5, 5.41) is 3.73. The average molecular weight is 339 g/mol. The van der Waals surface area contributed by atoms with Crippen LogP contribution in [0.15, 0.2) is 22.7 Å². The molecule has 2 aromatic rings. The fourth-order valence-electron chi connectivity index (χ4n) is 2.61. The van der Waals surface area contributed by atoms with Gasteiger partial charge in [0.1, 0.15) is 6.04 Å². The third-order valence-electron chi connectivity index (χ3n) is 3.95. The molecule has 0 spiro atoms. The lowest BCUT2D eigenvalue weighted by Gasteiger charge is -2.37. The SMILES string of the molecule is Cc1noc([C@H]2CN(C(=O)c3cccc(Cl)c3F)CCN2C)n1. The van der Waals surface area contributed by atoms with Crippen LogP contribution in [0.25, 0.3) is 0 Å². The van der Waals surface area contributed by atoms with Crippen LogP contribution in [0.5, 0.6) is 0 Å². The second-order valence-corrected chi connectivity index (χ2v) is 5.94. The highest BCUT2D eigenvalue weighted by Crippen LogP contribution is 2.25. The van der Waals surface area contributed by atoms with Gasteiger partial charge in [-0.3, -0.25) is 9.69 Å². The zero-order valence-electron chi connectivity index (χ0n) is 12.8. The van der Waals surface area contributed by atoms with Gasteiger partial charge >= 0.3 is 0 Å². The van der Waals surface area contributed by atoms with Crippen molar-refractivity contribution in [1.29, 1.82) is 0 Å². The molecule has 1 aromatic carbocycles. The maximum Gasteiger partial charge on any atom is 0.256 e. The number of likely N-dealkylation sites (N-methyl/N-ethyl adjacent to an activating group) is 1. The van der Waals surface area contributed by atoms with Crippen molar-refractivity contribution in [3.8, 4) is 0 Å². The van der Waals surface area contributed by atoms with Gasteiger partial charge in [-0.15, -0.1) is 0 Å². The zero-order chi connectivity index (χ0) is 16.6. The molecule has 1 saturated heterocycles. The van der Waals surface area contributed by atoms with Crippen LogP contribution in [0, 0.1) is 12.7 Å². The van der Waals surface area contributed by atoms with Crippen molar-refractivity contribution in [3.05, 3.63) is 46.3 Å². The first-order valence-electron chi connectivity index (χ1n) is 7.21. The minimum atomic E-state index is -0.691. The van der Waals surface area contributed by atoms with E-state index < -0.39 is 5.82 Å². The lowest BCUT2D eigenvalue weighted by atomic mass is 10.1. The highest BCUT2D eigenvalue weighted by Gasteiger charge is 2.33. The summed E-state index contributed by atoms with van der Waals surface area (Å²) >= 11 is 5.76.